The van der Waals surface area contributed by atoms with Crippen molar-refractivity contribution in [1.82, 2.24) is 15.5 Å². The van der Waals surface area contributed by atoms with Crippen molar-refractivity contribution >= 4 is 23.8 Å². The summed E-state index contributed by atoms with van der Waals surface area (Å²) in [7, 11) is 3.56. The van der Waals surface area contributed by atoms with Crippen molar-refractivity contribution in [3.63, 3.8) is 0 Å². The van der Waals surface area contributed by atoms with Crippen molar-refractivity contribution < 1.29 is 29.6 Å². The largest absolute Gasteiger partial charge is 0.389 e. The molecule has 2 aliphatic rings. The maximum Gasteiger partial charge on any atom is 0.237 e. The number of benzene rings is 2. The molecule has 5 unspecified atom stereocenters. The molecule has 2 fully saturated rings. The summed E-state index contributed by atoms with van der Waals surface area (Å²) in [6, 6.07) is 19.3. The highest BCUT2D eigenvalue weighted by Gasteiger charge is 2.41. The first-order valence-electron chi connectivity index (χ1n) is 16.6. The standard InChI is InChI=1S/C24H38N2O4.C9H11NO.C3H8N2O/c1-24(2,3)25-23(28)20-14-18-11-7-8-12-19(18)15-26(20)16-21(27)22(30-29)13-17-9-5-4-6-10-17;1-10(7-8-11)9-5-3-2-4-6-9;1-5-2-3(4)6/h4-6,9-10,18-22,27,29H,7-8,11-16H2,1-3H3,(H,25,28);2-6,8H,7H2,1H3;5H,2H2,1H3,(H2,4,6). The number of β-amino-alcohol motifs (C(OH)–C–C–N with tert-alkyl or cyclic N) is 1. The van der Waals surface area contributed by atoms with Gasteiger partial charge in [-0.1, -0.05) is 67.8 Å². The third-order valence-corrected chi connectivity index (χ3v) is 8.47. The zero-order chi connectivity index (χ0) is 34.8. The van der Waals surface area contributed by atoms with Gasteiger partial charge in [0.25, 0.3) is 0 Å². The molecule has 1 aliphatic carbocycles. The number of aliphatic hydroxyl groups excluding tert-OH is 1. The number of nitrogens with one attached hydrogen (secondary N) is 2. The van der Waals surface area contributed by atoms with Crippen LogP contribution >= 0.6 is 0 Å². The molecule has 0 bridgehead atoms. The second-order valence-corrected chi connectivity index (χ2v) is 13.5. The van der Waals surface area contributed by atoms with E-state index >= 15 is 0 Å². The molecule has 5 atom stereocenters. The number of anilines is 1. The molecule has 2 amide bonds. The van der Waals surface area contributed by atoms with Crippen molar-refractivity contribution in [2.75, 3.05) is 45.2 Å². The molecule has 0 spiro atoms. The van der Waals surface area contributed by atoms with Crippen LogP contribution in [0.1, 0.15) is 58.4 Å². The van der Waals surface area contributed by atoms with Crippen LogP contribution in [0.5, 0.6) is 0 Å². The molecular weight excluding hydrogens is 598 g/mol. The Morgan fingerprint density at radius 3 is 2.17 bits per heavy atom. The van der Waals surface area contributed by atoms with Crippen LogP contribution in [0.25, 0.3) is 0 Å². The third kappa shape index (κ3) is 15.0. The summed E-state index contributed by atoms with van der Waals surface area (Å²) in [6.07, 6.45) is 5.39. The van der Waals surface area contributed by atoms with Crippen LogP contribution in [0.4, 0.5) is 5.69 Å². The van der Waals surface area contributed by atoms with Gasteiger partial charge in [-0.25, -0.2) is 4.89 Å². The predicted molar refractivity (Wildman–Crippen MR) is 186 cm³/mol. The average Bonchev–Trinajstić information content (AvgIpc) is 3.04. The number of likely N-dealkylation sites (N-methyl/N-ethyl adjacent to an activating group) is 2. The van der Waals surface area contributed by atoms with Gasteiger partial charge in [0.05, 0.1) is 25.2 Å². The summed E-state index contributed by atoms with van der Waals surface area (Å²) < 4.78 is 0. The van der Waals surface area contributed by atoms with E-state index < -0.39 is 12.2 Å². The highest BCUT2D eigenvalue weighted by molar-refractivity contribution is 5.82. The van der Waals surface area contributed by atoms with Crippen LogP contribution in [-0.4, -0.2) is 97.4 Å². The Hall–Kier alpha value is -3.35. The van der Waals surface area contributed by atoms with Gasteiger partial charge in [0.1, 0.15) is 12.4 Å². The maximum atomic E-state index is 13.1. The first-order valence-corrected chi connectivity index (χ1v) is 16.6. The number of carbonyl (C=O) groups excluding carboxylic acids is 3. The second-order valence-electron chi connectivity index (χ2n) is 13.5. The number of fused-ring (bicyclic) bond motifs is 1. The summed E-state index contributed by atoms with van der Waals surface area (Å²) in [5.74, 6) is 0.866. The molecule has 1 saturated carbocycles. The van der Waals surface area contributed by atoms with Crippen molar-refractivity contribution in [3.05, 3.63) is 66.2 Å². The Morgan fingerprint density at radius 1 is 1.06 bits per heavy atom. The minimum atomic E-state index is -0.889. The van der Waals surface area contributed by atoms with E-state index in [1.807, 2.05) is 93.4 Å². The fraction of sp³-hybridized carbons (Fsp3) is 0.583. The molecule has 262 valence electrons. The third-order valence-electron chi connectivity index (χ3n) is 8.47. The lowest BCUT2D eigenvalue weighted by atomic mass is 9.72. The number of piperidine rings is 1. The Bertz CT molecular complexity index is 1180. The normalized spacial score (nSPS) is 20.5. The summed E-state index contributed by atoms with van der Waals surface area (Å²) in [5.41, 5.74) is 6.46. The molecule has 0 radical (unpaired) electrons. The van der Waals surface area contributed by atoms with Crippen LogP contribution in [-0.2, 0) is 25.7 Å². The number of hydrogen-bond donors (Lipinski definition) is 5. The smallest absolute Gasteiger partial charge is 0.237 e. The maximum absolute atomic E-state index is 13.1. The van der Waals surface area contributed by atoms with Gasteiger partial charge in [-0.2, -0.15) is 0 Å². The lowest BCUT2D eigenvalue weighted by Crippen LogP contribution is -2.59. The van der Waals surface area contributed by atoms with Crippen molar-refractivity contribution in [2.24, 2.45) is 17.6 Å². The van der Waals surface area contributed by atoms with Crippen molar-refractivity contribution in [1.29, 1.82) is 0 Å². The van der Waals surface area contributed by atoms with Crippen molar-refractivity contribution in [2.45, 2.75) is 83.1 Å². The highest BCUT2D eigenvalue weighted by Crippen LogP contribution is 2.39. The van der Waals surface area contributed by atoms with Gasteiger partial charge in [0.15, 0.2) is 0 Å². The Kier molecular flexibility index (Phi) is 17.6. The SMILES string of the molecule is CC(C)(C)NC(=O)C1CC2CCCCC2CN1CC(O)C(Cc1ccccc1)OO.CN(CC=O)c1ccccc1.CNCC(N)=O. The van der Waals surface area contributed by atoms with Gasteiger partial charge >= 0.3 is 0 Å². The average molecular weight is 656 g/mol. The van der Waals surface area contributed by atoms with Gasteiger partial charge in [0, 0.05) is 37.8 Å². The molecule has 1 aliphatic heterocycles. The lowest BCUT2D eigenvalue weighted by molar-refractivity contribution is -0.297. The van der Waals surface area contributed by atoms with E-state index in [0.717, 1.165) is 30.5 Å². The van der Waals surface area contributed by atoms with Crippen LogP contribution in [0.15, 0.2) is 60.7 Å². The number of carbonyl (C=O) groups is 3. The number of likely N-dealkylation sites (tertiary alicyclic amines) is 1. The van der Waals surface area contributed by atoms with E-state index in [2.05, 4.69) is 20.4 Å². The molecule has 1 saturated heterocycles. The minimum Gasteiger partial charge on any atom is -0.389 e. The number of amides is 2. The predicted octanol–water partition coefficient (Wildman–Crippen LogP) is 3.26. The van der Waals surface area contributed by atoms with E-state index in [4.69, 9.17) is 5.73 Å². The lowest BCUT2D eigenvalue weighted by Gasteiger charge is -2.46. The topological polar surface area (TPSA) is 157 Å². The zero-order valence-electron chi connectivity index (χ0n) is 28.8. The second kappa shape index (κ2) is 20.8. The number of nitrogens with two attached hydrogens (primary N) is 1. The van der Waals surface area contributed by atoms with Gasteiger partial charge in [-0.05, 0) is 70.2 Å². The molecule has 11 heteroatoms. The van der Waals surface area contributed by atoms with Crippen molar-refractivity contribution in [3.8, 4) is 0 Å². The molecular formula is C36H57N5O6. The molecule has 0 aromatic heterocycles. The van der Waals surface area contributed by atoms with Gasteiger partial charge in [-0.3, -0.25) is 19.7 Å². The first kappa shape index (κ1) is 39.8. The molecule has 2 aromatic rings. The number of rotatable bonds is 12. The number of aldehydes is 1. The number of hydrogen-bond acceptors (Lipinski definition) is 9. The van der Waals surface area contributed by atoms with E-state index in [1.54, 1.807) is 7.05 Å². The van der Waals surface area contributed by atoms with E-state index in [9.17, 15) is 24.7 Å². The molecule has 47 heavy (non-hydrogen) atoms. The highest BCUT2D eigenvalue weighted by atomic mass is 17.1. The van der Waals surface area contributed by atoms with Gasteiger partial charge in [0.2, 0.25) is 11.8 Å². The first-order chi connectivity index (χ1) is 22.4. The van der Waals surface area contributed by atoms with Gasteiger partial charge < -0.3 is 31.2 Å². The molecule has 1 heterocycles. The van der Waals surface area contributed by atoms with Crippen LogP contribution < -0.4 is 21.3 Å². The summed E-state index contributed by atoms with van der Waals surface area (Å²) in [5, 5.41) is 26.1. The van der Waals surface area contributed by atoms with Crippen LogP contribution in [0.3, 0.4) is 0 Å². The van der Waals surface area contributed by atoms with E-state index in [0.29, 0.717) is 31.3 Å². The quantitative estimate of drug-likeness (QED) is 0.132. The molecule has 6 N–H and O–H groups in total. The number of aliphatic hydroxyl groups is 1. The Labute approximate surface area is 280 Å². The molecule has 2 aromatic carbocycles. The summed E-state index contributed by atoms with van der Waals surface area (Å²) >= 11 is 0. The van der Waals surface area contributed by atoms with Crippen LogP contribution in [0.2, 0.25) is 0 Å². The minimum absolute atomic E-state index is 0.0308. The fourth-order valence-corrected chi connectivity index (χ4v) is 6.15. The van der Waals surface area contributed by atoms with E-state index in [1.165, 1.54) is 25.7 Å². The summed E-state index contributed by atoms with van der Waals surface area (Å²) in [4.78, 5) is 41.7. The zero-order valence-corrected chi connectivity index (χ0v) is 28.8. The monoisotopic (exact) mass is 655 g/mol. The van der Waals surface area contributed by atoms with Crippen LogP contribution in [0, 0.1) is 11.8 Å². The number of para-hydroxylation sites is 1. The molecule has 11 nitrogen and oxygen atoms in total. The summed E-state index contributed by atoms with van der Waals surface area (Å²) in [6.45, 7) is 7.81. The Balaban J connectivity index is 0.000000370. The molecule has 4 rings (SSSR count). The number of primary amides is 1. The van der Waals surface area contributed by atoms with Gasteiger partial charge in [-0.15, -0.1) is 0 Å². The fourth-order valence-electron chi connectivity index (χ4n) is 6.15. The van der Waals surface area contributed by atoms with E-state index in [-0.39, 0.29) is 29.9 Å². The Morgan fingerprint density at radius 2 is 1.66 bits per heavy atom. The number of nitrogens with zero attached hydrogens (tertiary/aromatic N) is 2.